The van der Waals surface area contributed by atoms with Crippen LogP contribution in [0.2, 0.25) is 0 Å². The van der Waals surface area contributed by atoms with Crippen molar-refractivity contribution in [2.45, 2.75) is 37.5 Å². The smallest absolute Gasteiger partial charge is 0.339 e. The zero-order valence-corrected chi connectivity index (χ0v) is 14.0. The molecular weight excluding hydrogens is 330 g/mol. The lowest BCUT2D eigenvalue weighted by Gasteiger charge is -2.16. The van der Waals surface area contributed by atoms with E-state index in [1.807, 2.05) is 0 Å². The van der Waals surface area contributed by atoms with Gasteiger partial charge in [0.25, 0.3) is 0 Å². The summed E-state index contributed by atoms with van der Waals surface area (Å²) < 4.78 is 30.1. The first-order valence-corrected chi connectivity index (χ1v) is 9.09. The first-order chi connectivity index (χ1) is 11.4. The third kappa shape index (κ3) is 3.26. The van der Waals surface area contributed by atoms with Crippen molar-refractivity contribution >= 4 is 15.8 Å². The summed E-state index contributed by atoms with van der Waals surface area (Å²) in [5, 5.41) is 11.1. The molecule has 3 rings (SSSR count). The molecule has 0 bridgehead atoms. The highest BCUT2D eigenvalue weighted by Crippen LogP contribution is 2.31. The van der Waals surface area contributed by atoms with Gasteiger partial charge in [0.2, 0.25) is 5.75 Å². The van der Waals surface area contributed by atoms with Gasteiger partial charge in [-0.2, -0.15) is 8.42 Å². The Morgan fingerprint density at radius 2 is 1.75 bits per heavy atom. The number of hydrogen-bond donors (Lipinski definition) is 0. The van der Waals surface area contributed by atoms with Gasteiger partial charge in [0.1, 0.15) is 4.90 Å². The number of rotatable bonds is 4. The van der Waals surface area contributed by atoms with E-state index < -0.39 is 15.0 Å². The van der Waals surface area contributed by atoms with Gasteiger partial charge >= 0.3 is 15.8 Å². The molecule has 7 heteroatoms. The van der Waals surface area contributed by atoms with Crippen molar-refractivity contribution in [3.8, 4) is 5.75 Å². The van der Waals surface area contributed by atoms with Crippen molar-refractivity contribution < 1.29 is 17.5 Å². The molecule has 0 aromatic heterocycles. The lowest BCUT2D eigenvalue weighted by Crippen LogP contribution is -2.12. The normalized spacial score (nSPS) is 14.0. The summed E-state index contributed by atoms with van der Waals surface area (Å²) in [4.78, 5) is 10.5. The summed E-state index contributed by atoms with van der Waals surface area (Å²) in [7, 11) is -4.12. The molecule has 0 heterocycles. The minimum absolute atomic E-state index is 0.0259. The third-order valence-corrected chi connectivity index (χ3v) is 5.35. The quantitative estimate of drug-likeness (QED) is 0.479. The molecule has 0 spiro atoms. The van der Waals surface area contributed by atoms with Crippen molar-refractivity contribution in [1.29, 1.82) is 0 Å². The first-order valence-electron chi connectivity index (χ1n) is 7.68. The third-order valence-electron chi connectivity index (χ3n) is 4.12. The number of hydrogen-bond acceptors (Lipinski definition) is 5. The van der Waals surface area contributed by atoms with Gasteiger partial charge < -0.3 is 4.18 Å². The van der Waals surface area contributed by atoms with E-state index in [1.54, 1.807) is 25.1 Å². The van der Waals surface area contributed by atoms with Crippen LogP contribution >= 0.6 is 0 Å². The van der Waals surface area contributed by atoms with Crippen LogP contribution in [0.15, 0.2) is 41.3 Å². The van der Waals surface area contributed by atoms with Crippen LogP contribution in [-0.4, -0.2) is 13.3 Å². The molecule has 126 valence electrons. The van der Waals surface area contributed by atoms with Gasteiger partial charge in [-0.05, 0) is 67.5 Å². The second-order valence-corrected chi connectivity index (χ2v) is 7.45. The van der Waals surface area contributed by atoms with E-state index in [0.717, 1.165) is 36.8 Å². The van der Waals surface area contributed by atoms with E-state index in [-0.39, 0.29) is 16.3 Å². The summed E-state index contributed by atoms with van der Waals surface area (Å²) in [5.41, 5.74) is 2.45. The molecular formula is C17H17NO5S. The molecule has 0 aliphatic heterocycles. The van der Waals surface area contributed by atoms with Gasteiger partial charge in [-0.1, -0.05) is 12.1 Å². The fraction of sp³-hybridized carbons (Fsp3) is 0.294. The Kier molecular flexibility index (Phi) is 4.28. The highest BCUT2D eigenvalue weighted by Gasteiger charge is 2.24. The number of benzene rings is 2. The number of nitro groups is 1. The maximum Gasteiger partial charge on any atom is 0.339 e. The second kappa shape index (κ2) is 6.24. The average molecular weight is 347 g/mol. The van der Waals surface area contributed by atoms with Crippen LogP contribution in [0.25, 0.3) is 0 Å². The predicted octanol–water partition coefficient (Wildman–Crippen LogP) is 3.55. The molecule has 0 saturated heterocycles. The van der Waals surface area contributed by atoms with E-state index >= 15 is 0 Å². The van der Waals surface area contributed by atoms with E-state index in [4.69, 9.17) is 4.18 Å². The molecule has 2 aromatic carbocycles. The lowest BCUT2D eigenvalue weighted by atomic mass is 9.92. The van der Waals surface area contributed by atoms with Gasteiger partial charge in [0.15, 0.2) is 0 Å². The van der Waals surface area contributed by atoms with E-state index in [2.05, 4.69) is 0 Å². The fourth-order valence-corrected chi connectivity index (χ4v) is 3.87. The van der Waals surface area contributed by atoms with Crippen LogP contribution in [0.3, 0.4) is 0 Å². The minimum Gasteiger partial charge on any atom is -0.372 e. The molecule has 24 heavy (non-hydrogen) atoms. The highest BCUT2D eigenvalue weighted by atomic mass is 32.2. The Morgan fingerprint density at radius 3 is 2.46 bits per heavy atom. The molecule has 0 atom stereocenters. The molecule has 0 radical (unpaired) electrons. The molecule has 2 aromatic rings. The standard InChI is InChI=1S/C17H17NO5S/c1-12-6-9-17(16(10-12)18(19)20)23-24(21,22)15-8-7-13-4-2-3-5-14(13)11-15/h6-11H,2-5H2,1H3. The van der Waals surface area contributed by atoms with Crippen molar-refractivity contribution in [3.05, 3.63) is 63.2 Å². The summed E-state index contributed by atoms with van der Waals surface area (Å²) in [5.74, 6) is -0.275. The maximum absolute atomic E-state index is 12.5. The van der Waals surface area contributed by atoms with Gasteiger partial charge in [-0.3, -0.25) is 10.1 Å². The second-order valence-electron chi connectivity index (χ2n) is 5.90. The zero-order valence-electron chi connectivity index (χ0n) is 13.2. The zero-order chi connectivity index (χ0) is 17.3. The van der Waals surface area contributed by atoms with Crippen molar-refractivity contribution in [2.75, 3.05) is 0 Å². The summed E-state index contributed by atoms with van der Waals surface area (Å²) in [6.45, 7) is 1.69. The molecule has 0 unspecified atom stereocenters. The van der Waals surface area contributed by atoms with Crippen LogP contribution in [0.5, 0.6) is 5.75 Å². The van der Waals surface area contributed by atoms with Gasteiger partial charge in [0, 0.05) is 6.07 Å². The molecule has 0 amide bonds. The van der Waals surface area contributed by atoms with Crippen LogP contribution in [-0.2, 0) is 23.0 Å². The molecule has 0 N–H and O–H groups in total. The monoisotopic (exact) mass is 347 g/mol. The van der Waals surface area contributed by atoms with Crippen LogP contribution in [0.4, 0.5) is 5.69 Å². The summed E-state index contributed by atoms with van der Waals surface area (Å²) in [6, 6.07) is 9.09. The van der Waals surface area contributed by atoms with Gasteiger partial charge in [-0.15, -0.1) is 0 Å². The van der Waals surface area contributed by atoms with Crippen molar-refractivity contribution in [3.63, 3.8) is 0 Å². The Hall–Kier alpha value is -2.41. The molecule has 0 fully saturated rings. The largest absolute Gasteiger partial charge is 0.372 e. The topological polar surface area (TPSA) is 86.5 Å². The maximum atomic E-state index is 12.5. The fourth-order valence-electron chi connectivity index (χ4n) is 2.87. The Bertz CT molecular complexity index is 905. The molecule has 6 nitrogen and oxygen atoms in total. The highest BCUT2D eigenvalue weighted by molar-refractivity contribution is 7.87. The van der Waals surface area contributed by atoms with Gasteiger partial charge in [-0.25, -0.2) is 0 Å². The Morgan fingerprint density at radius 1 is 1.04 bits per heavy atom. The van der Waals surface area contributed by atoms with Crippen LogP contribution in [0.1, 0.15) is 29.5 Å². The molecule has 1 aliphatic carbocycles. The SMILES string of the molecule is Cc1ccc(OS(=O)(=O)c2ccc3c(c2)CCCC3)c([N+](=O)[O-])c1. The number of aryl methyl sites for hydroxylation is 3. The summed E-state index contributed by atoms with van der Waals surface area (Å²) in [6.07, 6.45) is 3.91. The van der Waals surface area contributed by atoms with E-state index in [9.17, 15) is 18.5 Å². The predicted molar refractivity (Wildman–Crippen MR) is 88.7 cm³/mol. The number of nitrogens with zero attached hydrogens (tertiary/aromatic N) is 1. The van der Waals surface area contributed by atoms with Crippen LogP contribution < -0.4 is 4.18 Å². The first kappa shape index (κ1) is 16.4. The van der Waals surface area contributed by atoms with E-state index in [0.29, 0.717) is 5.56 Å². The number of nitro benzene ring substituents is 1. The van der Waals surface area contributed by atoms with Crippen LogP contribution in [0, 0.1) is 17.0 Å². The number of fused-ring (bicyclic) bond motifs is 1. The van der Waals surface area contributed by atoms with E-state index in [1.165, 1.54) is 18.2 Å². The van der Waals surface area contributed by atoms with Crippen molar-refractivity contribution in [2.24, 2.45) is 0 Å². The van der Waals surface area contributed by atoms with Gasteiger partial charge in [0.05, 0.1) is 4.92 Å². The lowest BCUT2D eigenvalue weighted by molar-refractivity contribution is -0.385. The minimum atomic E-state index is -4.12. The van der Waals surface area contributed by atoms with Crippen molar-refractivity contribution in [1.82, 2.24) is 0 Å². The Balaban J connectivity index is 1.96. The molecule has 0 saturated carbocycles. The Labute approximate surface area is 140 Å². The molecule has 1 aliphatic rings. The average Bonchev–Trinajstić information content (AvgIpc) is 2.55. The summed E-state index contributed by atoms with van der Waals surface area (Å²) >= 11 is 0.